The second-order valence-electron chi connectivity index (χ2n) is 15.9. The number of pyridine rings is 4. The van der Waals surface area contributed by atoms with Gasteiger partial charge in [0.25, 0.3) is 10.1 Å². The van der Waals surface area contributed by atoms with Gasteiger partial charge >= 0.3 is 0 Å². The van der Waals surface area contributed by atoms with Crippen LogP contribution in [0.15, 0.2) is 143 Å². The normalized spacial score (nSPS) is 16.8. The minimum atomic E-state index is -3.67. The van der Waals surface area contributed by atoms with Gasteiger partial charge in [-0.2, -0.15) is 8.42 Å². The maximum Gasteiger partial charge on any atom is 0.261 e. The van der Waals surface area contributed by atoms with Gasteiger partial charge in [-0.15, -0.1) is 0 Å². The van der Waals surface area contributed by atoms with Gasteiger partial charge in [-0.05, 0) is 95.1 Å². The van der Waals surface area contributed by atoms with Gasteiger partial charge in [0.15, 0.2) is 10.9 Å². The number of nitrogens with zero attached hydrogens (tertiary/aromatic N) is 4. The average molecular weight is 859 g/mol. The number of para-hydroxylation sites is 2. The molecule has 2 unspecified atom stereocenters. The molecule has 14 heteroatoms. The van der Waals surface area contributed by atoms with Gasteiger partial charge in [0, 0.05) is 58.2 Å². The number of nitrogens with one attached hydrogen (secondary N) is 2. The number of aromatic amines is 2. The first-order valence-electron chi connectivity index (χ1n) is 20.7. The van der Waals surface area contributed by atoms with Crippen molar-refractivity contribution >= 4 is 43.6 Å². The highest BCUT2D eigenvalue weighted by Crippen LogP contribution is 2.43. The average Bonchev–Trinajstić information content (AvgIpc) is 4.12. The second-order valence-corrected chi connectivity index (χ2v) is 17.4. The minimum absolute atomic E-state index is 0.0943. The van der Waals surface area contributed by atoms with Crippen LogP contribution in [0.25, 0.3) is 21.8 Å². The number of hydrogen-bond donors (Lipinski definition) is 3. The molecule has 4 aliphatic rings. The Morgan fingerprint density at radius 2 is 1.02 bits per heavy atom. The van der Waals surface area contributed by atoms with E-state index >= 15 is 0 Å². The number of benzene rings is 4. The van der Waals surface area contributed by atoms with Crippen LogP contribution < -0.4 is 30.1 Å². The van der Waals surface area contributed by atoms with Crippen LogP contribution in [0.1, 0.15) is 56.9 Å². The van der Waals surface area contributed by atoms with Crippen LogP contribution in [0.3, 0.4) is 0 Å². The maximum atomic E-state index is 13.3. The van der Waals surface area contributed by atoms with Gasteiger partial charge in [-0.1, -0.05) is 48.5 Å². The molecular weight excluding hydrogens is 817 g/mol. The van der Waals surface area contributed by atoms with E-state index in [4.69, 9.17) is 14.0 Å². The Morgan fingerprint density at radius 1 is 0.603 bits per heavy atom. The van der Waals surface area contributed by atoms with Crippen molar-refractivity contribution in [2.24, 2.45) is 0 Å². The summed E-state index contributed by atoms with van der Waals surface area (Å²) in [4.78, 5) is 47.2. The van der Waals surface area contributed by atoms with E-state index < -0.39 is 10.1 Å². The molecule has 63 heavy (non-hydrogen) atoms. The molecule has 0 saturated heterocycles. The molecule has 12 rings (SSSR count). The Kier molecular flexibility index (Phi) is 10.2. The Hall–Kier alpha value is -7.29. The molecule has 4 aliphatic heterocycles. The Bertz CT molecular complexity index is 3060. The third kappa shape index (κ3) is 7.68. The highest BCUT2D eigenvalue weighted by atomic mass is 32.2. The molecule has 0 bridgehead atoms. The molecular formula is C49H42N6O7S. The molecule has 0 spiro atoms. The van der Waals surface area contributed by atoms with Crippen LogP contribution in [0.2, 0.25) is 0 Å². The van der Waals surface area contributed by atoms with Crippen molar-refractivity contribution in [2.45, 2.75) is 38.0 Å². The van der Waals surface area contributed by atoms with Crippen molar-refractivity contribution in [2.75, 3.05) is 29.3 Å². The topological polar surface area (TPSA) is 171 Å². The molecule has 4 aromatic carbocycles. The van der Waals surface area contributed by atoms with Gasteiger partial charge in [0.05, 0.1) is 56.0 Å². The number of anilines is 2. The van der Waals surface area contributed by atoms with E-state index in [9.17, 15) is 18.0 Å². The fourth-order valence-corrected chi connectivity index (χ4v) is 9.13. The van der Waals surface area contributed by atoms with Crippen LogP contribution in [-0.2, 0) is 36.0 Å². The summed E-state index contributed by atoms with van der Waals surface area (Å²) in [6, 6.07) is 39.8. The monoisotopic (exact) mass is 858 g/mol. The van der Waals surface area contributed by atoms with Gasteiger partial charge in [-0.25, -0.2) is 9.97 Å². The van der Waals surface area contributed by atoms with Crippen LogP contribution in [-0.4, -0.2) is 52.4 Å². The van der Waals surface area contributed by atoms with E-state index in [-0.39, 0.29) is 22.9 Å². The van der Waals surface area contributed by atoms with E-state index in [1.807, 2.05) is 97.1 Å². The lowest BCUT2D eigenvalue weighted by atomic mass is 9.98. The van der Waals surface area contributed by atoms with Crippen molar-refractivity contribution in [1.29, 1.82) is 0 Å². The van der Waals surface area contributed by atoms with Gasteiger partial charge in [0.2, 0.25) is 0 Å². The van der Waals surface area contributed by atoms with Crippen molar-refractivity contribution in [3.05, 3.63) is 199 Å². The van der Waals surface area contributed by atoms with E-state index in [0.717, 1.165) is 105 Å². The quantitative estimate of drug-likeness (QED) is 0.150. The van der Waals surface area contributed by atoms with Crippen molar-refractivity contribution in [3.8, 4) is 11.5 Å². The van der Waals surface area contributed by atoms with Gasteiger partial charge in [-0.3, -0.25) is 14.1 Å². The number of hydrogen-bond acceptors (Lipinski definition) is 10. The maximum absolute atomic E-state index is 13.3. The summed E-state index contributed by atoms with van der Waals surface area (Å²) in [5.41, 5.74) is 10.2. The van der Waals surface area contributed by atoms with Gasteiger partial charge < -0.3 is 29.2 Å². The lowest BCUT2D eigenvalue weighted by molar-refractivity contribution is 0.356. The molecule has 3 N–H and O–H groups in total. The van der Waals surface area contributed by atoms with E-state index in [1.54, 1.807) is 12.4 Å². The summed E-state index contributed by atoms with van der Waals surface area (Å²) >= 11 is 0. The Labute approximate surface area is 362 Å². The zero-order valence-corrected chi connectivity index (χ0v) is 35.0. The Balaban J connectivity index is 0.000000135. The van der Waals surface area contributed by atoms with Crippen LogP contribution in [0, 0.1) is 0 Å². The Morgan fingerprint density at radius 3 is 1.43 bits per heavy atom. The van der Waals surface area contributed by atoms with Crippen LogP contribution in [0.4, 0.5) is 11.6 Å². The molecule has 13 nitrogen and oxygen atoms in total. The molecule has 8 heterocycles. The van der Waals surface area contributed by atoms with Crippen molar-refractivity contribution in [1.82, 2.24) is 19.9 Å². The van der Waals surface area contributed by atoms with Crippen molar-refractivity contribution < 1.29 is 22.4 Å². The summed E-state index contributed by atoms with van der Waals surface area (Å²) in [5, 5.41) is 1.46. The zero-order valence-electron chi connectivity index (χ0n) is 34.2. The first kappa shape index (κ1) is 39.8. The molecule has 0 saturated carbocycles. The SMILES string of the molecule is CS(=O)(=O)O.O=c1c2c([nH]c3ccccc13)C(c1ccc3c(c1)CCO3)N(c1ccccn1)C2.O=c1c2c([nH]c3ccccc13)C(c1ccc3c(c1)CCO3)N(c1ccccn1)C2. The first-order valence-corrected chi connectivity index (χ1v) is 22.5. The molecule has 4 aromatic heterocycles. The van der Waals surface area contributed by atoms with Crippen LogP contribution >= 0.6 is 0 Å². The third-order valence-corrected chi connectivity index (χ3v) is 11.9. The molecule has 2 atom stereocenters. The molecule has 0 amide bonds. The highest BCUT2D eigenvalue weighted by molar-refractivity contribution is 7.85. The number of rotatable bonds is 4. The molecule has 0 aliphatic carbocycles. The molecule has 0 radical (unpaired) electrons. The highest BCUT2D eigenvalue weighted by Gasteiger charge is 2.37. The lowest BCUT2D eigenvalue weighted by Gasteiger charge is -2.26. The predicted molar refractivity (Wildman–Crippen MR) is 242 cm³/mol. The largest absolute Gasteiger partial charge is 0.493 e. The summed E-state index contributed by atoms with van der Waals surface area (Å²) in [7, 11) is -3.67. The second kappa shape index (κ2) is 16.2. The van der Waals surface area contributed by atoms with E-state index in [2.05, 4.69) is 54.0 Å². The number of aromatic nitrogens is 4. The molecule has 316 valence electrons. The van der Waals surface area contributed by atoms with E-state index in [0.29, 0.717) is 19.3 Å². The minimum Gasteiger partial charge on any atom is -0.493 e. The zero-order chi connectivity index (χ0) is 43.2. The fraction of sp³-hybridized carbons (Fsp3) is 0.184. The first-order chi connectivity index (χ1) is 30.6. The van der Waals surface area contributed by atoms with Gasteiger partial charge in [0.1, 0.15) is 23.1 Å². The van der Waals surface area contributed by atoms with E-state index in [1.165, 1.54) is 11.1 Å². The molecule has 8 aromatic rings. The molecule has 0 fully saturated rings. The smallest absolute Gasteiger partial charge is 0.261 e. The van der Waals surface area contributed by atoms with Crippen molar-refractivity contribution in [3.63, 3.8) is 0 Å². The number of ether oxygens (including phenoxy) is 2. The summed E-state index contributed by atoms with van der Waals surface area (Å²) in [6.45, 7) is 2.52. The lowest BCUT2D eigenvalue weighted by Crippen LogP contribution is -2.23. The predicted octanol–water partition coefficient (Wildman–Crippen LogP) is 7.44. The summed E-state index contributed by atoms with van der Waals surface area (Å²) < 4.78 is 37.2. The standard InChI is InChI=1S/2C24H19N3O2.CH4O3S/c2*28-24-17-5-1-2-6-19(17)26-22-18(24)14-27(21-7-3-4-11-25-21)23(22)16-8-9-20-15(13-16)10-12-29-20;1-5(2,3)4/h2*1-9,11,13,23H,10,12,14H2,(H,26,28);1H3,(H,2,3,4). The van der Waals surface area contributed by atoms with Crippen LogP contribution in [0.5, 0.6) is 11.5 Å². The number of fused-ring (bicyclic) bond motifs is 6. The fourth-order valence-electron chi connectivity index (χ4n) is 9.13. The summed E-state index contributed by atoms with van der Waals surface area (Å²) in [5.74, 6) is 3.65. The summed E-state index contributed by atoms with van der Waals surface area (Å²) in [6.07, 6.45) is 6.14. The number of H-pyrrole nitrogens is 2. The third-order valence-electron chi connectivity index (χ3n) is 11.9.